The molecule has 0 aliphatic carbocycles. The molecule has 1 fully saturated rings. The summed E-state index contributed by atoms with van der Waals surface area (Å²) >= 11 is 0. The first-order valence-corrected chi connectivity index (χ1v) is 12.9. The number of fused-ring (bicyclic) bond motifs is 3. The third-order valence-electron chi connectivity index (χ3n) is 6.33. The number of nitrogens with one attached hydrogen (secondary N) is 2. The number of guanidine groups is 2. The minimum atomic E-state index is -0.461. The maximum absolute atomic E-state index is 12.4. The molecule has 5 rings (SSSR count). The Bertz CT molecular complexity index is 1240. The Balaban J connectivity index is 0.000000177. The van der Waals surface area contributed by atoms with E-state index in [1.807, 2.05) is 46.4 Å². The first kappa shape index (κ1) is 27.3. The Morgan fingerprint density at radius 2 is 1.45 bits per heavy atom. The van der Waals surface area contributed by atoms with Crippen LogP contribution in [0.4, 0.5) is 5.82 Å². The van der Waals surface area contributed by atoms with E-state index in [4.69, 9.17) is 15.6 Å². The topological polar surface area (TPSA) is 157 Å². The van der Waals surface area contributed by atoms with Crippen LogP contribution in [0.2, 0.25) is 0 Å². The molecule has 0 saturated carbocycles. The molecule has 0 atom stereocenters. The van der Waals surface area contributed by atoms with Crippen LogP contribution in [0.3, 0.4) is 0 Å². The van der Waals surface area contributed by atoms with E-state index in [0.29, 0.717) is 48.9 Å². The van der Waals surface area contributed by atoms with Crippen LogP contribution in [0, 0.1) is 17.2 Å². The molecule has 38 heavy (non-hydrogen) atoms. The fourth-order valence-electron chi connectivity index (χ4n) is 4.88. The number of aromatic amines is 1. The van der Waals surface area contributed by atoms with Crippen molar-refractivity contribution < 1.29 is 14.8 Å². The second-order valence-electron chi connectivity index (χ2n) is 12.1. The maximum atomic E-state index is 12.4. The number of imidazole rings is 1. The minimum absolute atomic E-state index is 0.0307. The van der Waals surface area contributed by atoms with Crippen molar-refractivity contribution in [2.75, 3.05) is 31.1 Å². The van der Waals surface area contributed by atoms with Crippen molar-refractivity contribution in [2.45, 2.75) is 66.5 Å². The molecular weight excluding hydrogens is 488 g/mol. The zero-order valence-corrected chi connectivity index (χ0v) is 23.4. The van der Waals surface area contributed by atoms with E-state index < -0.39 is 5.91 Å². The predicted octanol–water partition coefficient (Wildman–Crippen LogP) is 2.22. The second kappa shape index (κ2) is 9.52. The van der Waals surface area contributed by atoms with Crippen molar-refractivity contribution in [3.05, 3.63) is 12.0 Å². The summed E-state index contributed by atoms with van der Waals surface area (Å²) in [6.45, 7) is 18.7. The number of carbonyl (C=O) groups excluding carboxylic acids is 2. The molecule has 2 amide bonds. The number of carbonyl (C=O) groups is 2. The zero-order chi connectivity index (χ0) is 28.2. The molecule has 4 aliphatic rings. The van der Waals surface area contributed by atoms with Gasteiger partial charge in [-0.05, 0) is 39.5 Å². The van der Waals surface area contributed by atoms with Crippen molar-refractivity contribution in [3.8, 4) is 0 Å². The van der Waals surface area contributed by atoms with Gasteiger partial charge in [-0.1, -0.05) is 32.9 Å². The van der Waals surface area contributed by atoms with E-state index in [9.17, 15) is 9.59 Å². The molecule has 0 spiro atoms. The molecule has 1 aromatic heterocycles. The molecule has 0 radical (unpaired) electrons. The van der Waals surface area contributed by atoms with Crippen LogP contribution in [0.5, 0.6) is 0 Å². The summed E-state index contributed by atoms with van der Waals surface area (Å²) in [5, 5.41) is 20.0. The minimum Gasteiger partial charge on any atom is -0.410 e. The van der Waals surface area contributed by atoms with Gasteiger partial charge in [0.1, 0.15) is 5.69 Å². The number of hydrogen-bond donors (Lipinski definition) is 3. The molecule has 13 nitrogen and oxygen atoms in total. The lowest BCUT2D eigenvalue weighted by atomic mass is 10.1. The lowest BCUT2D eigenvalue weighted by molar-refractivity contribution is -0.121. The first-order valence-electron chi connectivity index (χ1n) is 12.9. The first-order chi connectivity index (χ1) is 17.7. The van der Waals surface area contributed by atoms with Gasteiger partial charge in [0, 0.05) is 13.1 Å². The summed E-state index contributed by atoms with van der Waals surface area (Å²) in [7, 11) is 0. The van der Waals surface area contributed by atoms with E-state index >= 15 is 0 Å². The third kappa shape index (κ3) is 4.88. The summed E-state index contributed by atoms with van der Waals surface area (Å²) in [5.74, 6) is 2.10. The fraction of sp³-hybridized carbons (Fsp3) is 0.640. The van der Waals surface area contributed by atoms with Crippen LogP contribution >= 0.6 is 0 Å². The van der Waals surface area contributed by atoms with Gasteiger partial charge in [-0.2, -0.15) is 0 Å². The molecule has 1 saturated heterocycles. The number of anilines is 1. The molecule has 1 aromatic rings. The summed E-state index contributed by atoms with van der Waals surface area (Å²) in [6.07, 6.45) is 1.57. The van der Waals surface area contributed by atoms with Crippen LogP contribution in [0.25, 0.3) is 0 Å². The van der Waals surface area contributed by atoms with Gasteiger partial charge in [0.05, 0.1) is 30.5 Å². The van der Waals surface area contributed by atoms with Gasteiger partial charge in [0.2, 0.25) is 17.6 Å². The zero-order valence-electron chi connectivity index (χ0n) is 23.4. The van der Waals surface area contributed by atoms with Gasteiger partial charge >= 0.3 is 0 Å². The second-order valence-corrected chi connectivity index (χ2v) is 12.1. The highest BCUT2D eigenvalue weighted by molar-refractivity contribution is 6.69. The highest BCUT2D eigenvalue weighted by Crippen LogP contribution is 2.32. The smallest absolute Gasteiger partial charge is 0.286 e. The van der Waals surface area contributed by atoms with Crippen molar-refractivity contribution in [3.63, 3.8) is 0 Å². The largest absolute Gasteiger partial charge is 0.410 e. The quantitative estimate of drug-likeness (QED) is 0.403. The summed E-state index contributed by atoms with van der Waals surface area (Å²) in [4.78, 5) is 48.0. The number of H-pyrrole nitrogens is 1. The van der Waals surface area contributed by atoms with Gasteiger partial charge in [0.15, 0.2) is 11.7 Å². The summed E-state index contributed by atoms with van der Waals surface area (Å²) < 4.78 is 0. The average molecular weight is 527 g/mol. The van der Waals surface area contributed by atoms with Crippen molar-refractivity contribution in [1.29, 1.82) is 5.41 Å². The standard InChI is InChI=1S/C13H19N5O.C12H19N5O2/c1-8(2)5-17-10-9(14-7-15-10)11(19)18-6-13(3,4)16-12(17)18;1-7(2)5-16-9(13)8(15-19)10(18)17-6-12(3,4)14-11(16)17/h7-8H,5-6H2,1-4H3,(H,14,15);7,13,19H,5-6H2,1-4H3. The molecule has 3 N–H and O–H groups in total. The Morgan fingerprint density at radius 3 is 1.97 bits per heavy atom. The molecule has 0 aromatic carbocycles. The van der Waals surface area contributed by atoms with Crippen LogP contribution in [-0.4, -0.2) is 102 Å². The number of aliphatic imine (C=N–C) groups is 2. The Labute approximate surface area is 222 Å². The van der Waals surface area contributed by atoms with Crippen LogP contribution in [0.1, 0.15) is 65.9 Å². The molecule has 13 heteroatoms. The Hall–Kier alpha value is -3.77. The van der Waals surface area contributed by atoms with Gasteiger partial charge in [-0.25, -0.2) is 15.0 Å². The molecule has 206 valence electrons. The van der Waals surface area contributed by atoms with Gasteiger partial charge in [-0.3, -0.25) is 34.6 Å². The number of hydrogen-bond acceptors (Lipinski definition) is 9. The maximum Gasteiger partial charge on any atom is 0.286 e. The van der Waals surface area contributed by atoms with E-state index in [1.165, 1.54) is 4.90 Å². The lowest BCUT2D eigenvalue weighted by Crippen LogP contribution is -2.60. The van der Waals surface area contributed by atoms with Gasteiger partial charge in [0.25, 0.3) is 11.8 Å². The van der Waals surface area contributed by atoms with Crippen LogP contribution < -0.4 is 4.90 Å². The van der Waals surface area contributed by atoms with Gasteiger partial charge < -0.3 is 10.2 Å². The van der Waals surface area contributed by atoms with E-state index in [2.05, 4.69) is 34.0 Å². The molecule has 5 heterocycles. The van der Waals surface area contributed by atoms with Crippen LogP contribution in [0.15, 0.2) is 21.5 Å². The summed E-state index contributed by atoms with van der Waals surface area (Å²) in [6, 6.07) is 0. The molecule has 0 bridgehead atoms. The van der Waals surface area contributed by atoms with E-state index in [0.717, 1.165) is 12.5 Å². The number of oxime groups is 1. The van der Waals surface area contributed by atoms with Crippen molar-refractivity contribution >= 4 is 41.1 Å². The average Bonchev–Trinajstić information content (AvgIpc) is 3.49. The Kier molecular flexibility index (Phi) is 6.83. The van der Waals surface area contributed by atoms with Gasteiger partial charge in [-0.15, -0.1) is 0 Å². The number of amides is 2. The highest BCUT2D eigenvalue weighted by atomic mass is 16.4. The summed E-state index contributed by atoms with van der Waals surface area (Å²) in [5.41, 5.74) is -0.274. The highest BCUT2D eigenvalue weighted by Gasteiger charge is 2.47. The number of nitrogens with zero attached hydrogens (tertiary/aromatic N) is 8. The Morgan fingerprint density at radius 1 is 0.947 bits per heavy atom. The molecular formula is C25H38N10O3. The van der Waals surface area contributed by atoms with Crippen molar-refractivity contribution in [1.82, 2.24) is 24.7 Å². The number of aromatic nitrogens is 2. The predicted molar refractivity (Wildman–Crippen MR) is 145 cm³/mol. The third-order valence-corrected chi connectivity index (χ3v) is 6.33. The van der Waals surface area contributed by atoms with Crippen LogP contribution in [-0.2, 0) is 4.79 Å². The normalized spacial score (nSPS) is 22.5. The SMILES string of the molecule is CC(C)CN1C(=N)C(=NO)C(=O)N2CC(C)(C)N=C12.CC(C)CN1C2=NC(C)(C)CN2C(=O)c2[nH]cnc21. The van der Waals surface area contributed by atoms with E-state index in [-0.39, 0.29) is 28.5 Å². The van der Waals surface area contributed by atoms with E-state index in [1.54, 1.807) is 16.1 Å². The monoisotopic (exact) mass is 526 g/mol. The lowest BCUT2D eigenvalue weighted by Gasteiger charge is -2.35. The molecule has 0 unspecified atom stereocenters. The molecule has 4 aliphatic heterocycles. The fourth-order valence-corrected chi connectivity index (χ4v) is 4.88. The number of amidine groups is 1. The number of rotatable bonds is 4. The van der Waals surface area contributed by atoms with Crippen molar-refractivity contribution in [2.24, 2.45) is 27.0 Å².